The summed E-state index contributed by atoms with van der Waals surface area (Å²) in [6.07, 6.45) is 4.19. The number of nitrogens with zero attached hydrogens (tertiary/aromatic N) is 1. The number of hydrogen-bond donors (Lipinski definition) is 4. The number of aromatic nitrogens is 1. The molecule has 7 nitrogen and oxygen atoms in total. The molecule has 4 N–H and O–H groups in total. The van der Waals surface area contributed by atoms with Gasteiger partial charge < -0.3 is 25.4 Å². The van der Waals surface area contributed by atoms with Crippen molar-refractivity contribution in [3.63, 3.8) is 0 Å². The number of furan rings is 1. The number of rotatable bonds is 8. The number of hydrogen-bond acceptors (Lipinski definition) is 3. The molecule has 1 amide bonds. The van der Waals surface area contributed by atoms with Crippen LogP contribution in [0.15, 0.2) is 52.2 Å². The molecular weight excluding hydrogens is 488 g/mol. The van der Waals surface area contributed by atoms with Crippen molar-refractivity contribution < 1.29 is 13.6 Å². The fourth-order valence-corrected chi connectivity index (χ4v) is 2.83. The third-order valence-electron chi connectivity index (χ3n) is 4.18. The molecule has 2 aromatic heterocycles. The zero-order valence-corrected chi connectivity index (χ0v) is 18.5. The van der Waals surface area contributed by atoms with Crippen LogP contribution in [0.5, 0.6) is 0 Å². The Morgan fingerprint density at radius 1 is 1.24 bits per heavy atom. The molecule has 3 rings (SSSR count). The molecule has 0 fully saturated rings. The van der Waals surface area contributed by atoms with E-state index in [4.69, 9.17) is 4.42 Å². The van der Waals surface area contributed by atoms with Gasteiger partial charge in [0.05, 0.1) is 12.8 Å². The van der Waals surface area contributed by atoms with Crippen molar-refractivity contribution in [3.8, 4) is 0 Å². The van der Waals surface area contributed by atoms with Gasteiger partial charge in [-0.3, -0.25) is 4.79 Å². The summed E-state index contributed by atoms with van der Waals surface area (Å²) in [6, 6.07) is 8.30. The molecule has 156 valence electrons. The maximum absolute atomic E-state index is 13.3. The molecule has 29 heavy (non-hydrogen) atoms. The van der Waals surface area contributed by atoms with Crippen LogP contribution in [0, 0.1) is 5.82 Å². The number of aromatic amines is 1. The van der Waals surface area contributed by atoms with Gasteiger partial charge in [0.2, 0.25) is 5.91 Å². The van der Waals surface area contributed by atoms with Crippen LogP contribution in [-0.2, 0) is 17.8 Å². The average Bonchev–Trinajstić information content (AvgIpc) is 3.34. The normalized spacial score (nSPS) is 11.2. The second-order valence-electron chi connectivity index (χ2n) is 6.23. The number of fused-ring (bicyclic) bond motifs is 1. The molecule has 0 spiro atoms. The lowest BCUT2D eigenvalue weighted by Gasteiger charge is -2.11. The van der Waals surface area contributed by atoms with E-state index in [-0.39, 0.29) is 42.2 Å². The van der Waals surface area contributed by atoms with Gasteiger partial charge >= 0.3 is 0 Å². The van der Waals surface area contributed by atoms with E-state index < -0.39 is 0 Å². The lowest BCUT2D eigenvalue weighted by Crippen LogP contribution is -2.39. The van der Waals surface area contributed by atoms with E-state index in [0.29, 0.717) is 31.4 Å². The number of aliphatic imine (C=N–C) groups is 1. The van der Waals surface area contributed by atoms with Crippen molar-refractivity contribution in [1.29, 1.82) is 0 Å². The molecule has 9 heteroatoms. The number of H-pyrrole nitrogens is 1. The first kappa shape index (κ1) is 22.7. The van der Waals surface area contributed by atoms with E-state index in [1.54, 1.807) is 24.5 Å². The highest BCUT2D eigenvalue weighted by Crippen LogP contribution is 2.19. The second kappa shape index (κ2) is 11.4. The molecule has 0 saturated carbocycles. The smallest absolute Gasteiger partial charge is 0.242 e. The summed E-state index contributed by atoms with van der Waals surface area (Å²) in [4.78, 5) is 19.3. The summed E-state index contributed by atoms with van der Waals surface area (Å²) in [7, 11) is 0. The largest absolute Gasteiger partial charge is 0.467 e. The molecule has 0 unspecified atom stereocenters. The van der Waals surface area contributed by atoms with Crippen LogP contribution in [-0.4, -0.2) is 36.5 Å². The lowest BCUT2D eigenvalue weighted by molar-refractivity contribution is -0.119. The Kier molecular flexibility index (Phi) is 8.97. The Hall–Kier alpha value is -2.56. The molecule has 0 aliphatic heterocycles. The molecule has 0 saturated heterocycles. The summed E-state index contributed by atoms with van der Waals surface area (Å²) >= 11 is 0. The summed E-state index contributed by atoms with van der Waals surface area (Å²) in [5, 5.41) is 10.1. The molecule has 0 radical (unpaired) electrons. The molecule has 0 atom stereocenters. The number of carbonyl (C=O) groups excluding carboxylic acids is 1. The van der Waals surface area contributed by atoms with Crippen molar-refractivity contribution >= 4 is 46.7 Å². The zero-order valence-electron chi connectivity index (χ0n) is 16.1. The summed E-state index contributed by atoms with van der Waals surface area (Å²) in [5.41, 5.74) is 1.87. The zero-order chi connectivity index (χ0) is 19.8. The van der Waals surface area contributed by atoms with Crippen LogP contribution in [0.2, 0.25) is 0 Å². The van der Waals surface area contributed by atoms with Gasteiger partial charge in [-0.2, -0.15) is 0 Å². The van der Waals surface area contributed by atoms with Crippen molar-refractivity contribution in [3.05, 3.63) is 59.9 Å². The molecule has 0 bridgehead atoms. The van der Waals surface area contributed by atoms with Gasteiger partial charge in [-0.1, -0.05) is 0 Å². The highest BCUT2D eigenvalue weighted by Gasteiger charge is 2.06. The van der Waals surface area contributed by atoms with Gasteiger partial charge in [0.15, 0.2) is 5.96 Å². The van der Waals surface area contributed by atoms with E-state index in [0.717, 1.165) is 22.9 Å². The Morgan fingerprint density at radius 2 is 2.10 bits per heavy atom. The molecule has 0 aliphatic carbocycles. The highest BCUT2D eigenvalue weighted by atomic mass is 127. The summed E-state index contributed by atoms with van der Waals surface area (Å²) < 4.78 is 18.5. The average molecular weight is 513 g/mol. The van der Waals surface area contributed by atoms with Gasteiger partial charge in [0, 0.05) is 30.2 Å². The quantitative estimate of drug-likeness (QED) is 0.212. The Balaban J connectivity index is 0.00000300. The third kappa shape index (κ3) is 6.77. The number of carbonyl (C=O) groups is 1. The van der Waals surface area contributed by atoms with Crippen molar-refractivity contribution in [2.24, 2.45) is 4.99 Å². The van der Waals surface area contributed by atoms with Gasteiger partial charge in [-0.15, -0.1) is 24.0 Å². The van der Waals surface area contributed by atoms with Crippen LogP contribution in [0.1, 0.15) is 18.2 Å². The van der Waals surface area contributed by atoms with Crippen LogP contribution >= 0.6 is 24.0 Å². The summed E-state index contributed by atoms with van der Waals surface area (Å²) in [6.45, 7) is 3.63. The van der Waals surface area contributed by atoms with E-state index in [2.05, 4.69) is 25.9 Å². The lowest BCUT2D eigenvalue weighted by atomic mass is 10.1. The number of benzene rings is 1. The highest BCUT2D eigenvalue weighted by molar-refractivity contribution is 14.0. The van der Waals surface area contributed by atoms with Gasteiger partial charge in [-0.25, -0.2) is 9.38 Å². The first-order valence-corrected chi connectivity index (χ1v) is 9.22. The monoisotopic (exact) mass is 513 g/mol. The van der Waals surface area contributed by atoms with E-state index >= 15 is 0 Å². The predicted octanol–water partition coefficient (Wildman–Crippen LogP) is 2.93. The Labute approximate surface area is 185 Å². The first-order chi connectivity index (χ1) is 13.7. The van der Waals surface area contributed by atoms with E-state index in [9.17, 15) is 9.18 Å². The van der Waals surface area contributed by atoms with Crippen molar-refractivity contribution in [2.75, 3.05) is 19.6 Å². The Morgan fingerprint density at radius 3 is 2.86 bits per heavy atom. The minimum atomic E-state index is -0.258. The van der Waals surface area contributed by atoms with Crippen LogP contribution in [0.25, 0.3) is 10.9 Å². The fraction of sp³-hybridized carbons (Fsp3) is 0.300. The fourth-order valence-electron chi connectivity index (χ4n) is 2.83. The summed E-state index contributed by atoms with van der Waals surface area (Å²) in [5.74, 6) is 0.820. The van der Waals surface area contributed by atoms with E-state index in [1.165, 1.54) is 12.1 Å². The molecule has 3 aromatic rings. The van der Waals surface area contributed by atoms with Crippen LogP contribution < -0.4 is 16.0 Å². The van der Waals surface area contributed by atoms with E-state index in [1.807, 2.05) is 13.1 Å². The molecule has 2 heterocycles. The van der Waals surface area contributed by atoms with Crippen molar-refractivity contribution in [2.45, 2.75) is 19.9 Å². The third-order valence-corrected chi connectivity index (χ3v) is 4.18. The first-order valence-electron chi connectivity index (χ1n) is 9.22. The number of halogens is 2. The standard InChI is InChI=1S/C20H24FN5O2.HI/c1-2-22-20(26-13-19(27)25-12-16-4-3-9-28-16)23-8-7-14-11-24-18-10-15(21)5-6-17(14)18;/h3-6,9-11,24H,2,7-8,12-13H2,1H3,(H,25,27)(H2,22,23,26);1H. The van der Waals surface area contributed by atoms with Crippen LogP contribution in [0.3, 0.4) is 0 Å². The van der Waals surface area contributed by atoms with Gasteiger partial charge in [0.1, 0.15) is 18.1 Å². The number of amides is 1. The maximum Gasteiger partial charge on any atom is 0.242 e. The predicted molar refractivity (Wildman–Crippen MR) is 122 cm³/mol. The molecule has 1 aromatic carbocycles. The number of guanidine groups is 1. The van der Waals surface area contributed by atoms with Crippen LogP contribution in [0.4, 0.5) is 4.39 Å². The SMILES string of the molecule is CCNC(=NCC(=O)NCc1ccco1)NCCc1c[nH]c2cc(F)ccc12.I. The number of nitrogens with one attached hydrogen (secondary N) is 4. The topological polar surface area (TPSA) is 94.4 Å². The molecular formula is C20H25FIN5O2. The van der Waals surface area contributed by atoms with Crippen molar-refractivity contribution in [1.82, 2.24) is 20.9 Å². The van der Waals surface area contributed by atoms with Gasteiger partial charge in [0.25, 0.3) is 0 Å². The Bertz CT molecular complexity index is 940. The minimum Gasteiger partial charge on any atom is -0.467 e. The van der Waals surface area contributed by atoms with Gasteiger partial charge in [-0.05, 0) is 49.2 Å². The molecule has 0 aliphatic rings. The second-order valence-corrected chi connectivity index (χ2v) is 6.23. The maximum atomic E-state index is 13.3. The minimum absolute atomic E-state index is 0.